The number of fused-ring (bicyclic) bond motifs is 2. The zero-order chi connectivity index (χ0) is 29.5. The van der Waals surface area contributed by atoms with Gasteiger partial charge in [-0.3, -0.25) is 9.69 Å². The first-order valence-corrected chi connectivity index (χ1v) is 15.6. The zero-order valence-corrected chi connectivity index (χ0v) is 24.6. The molecule has 2 aromatic carbocycles. The number of rotatable bonds is 4. The molecule has 2 fully saturated rings. The lowest BCUT2D eigenvalue weighted by molar-refractivity contribution is -0.127. The minimum atomic E-state index is -4.16. The molecule has 1 amide bonds. The number of aliphatic hydroxyl groups is 1. The molecule has 1 spiro atoms. The fraction of sp³-hybridized carbons (Fsp3) is 0.483. The van der Waals surface area contributed by atoms with Crippen molar-refractivity contribution in [1.82, 2.24) is 29.3 Å². The molecule has 6 rings (SSSR count). The molecule has 0 unspecified atom stereocenters. The van der Waals surface area contributed by atoms with Gasteiger partial charge in [-0.25, -0.2) is 18.1 Å². The summed E-state index contributed by atoms with van der Waals surface area (Å²) < 4.78 is 42.3. The number of piperidine rings is 1. The van der Waals surface area contributed by atoms with Crippen LogP contribution in [0, 0.1) is 0 Å². The topological polar surface area (TPSA) is 139 Å². The van der Waals surface area contributed by atoms with Gasteiger partial charge >= 0.3 is 0 Å². The fourth-order valence-electron chi connectivity index (χ4n) is 6.30. The average Bonchev–Trinajstić information content (AvgIpc) is 3.60. The molecular formula is C29H36N6O6S. The van der Waals surface area contributed by atoms with Crippen molar-refractivity contribution in [3.63, 3.8) is 0 Å². The third-order valence-electron chi connectivity index (χ3n) is 8.66. The number of ether oxygens (including phenoxy) is 2. The van der Waals surface area contributed by atoms with Gasteiger partial charge in [0.05, 0.1) is 19.8 Å². The molecule has 3 aliphatic rings. The SMILES string of the molecule is COc1ccccc1CN1CCC2(CCOc3cc(-c4ncnn4C)ccc3S(=O)(=O)N3C[C@H](O)C[C@H]3C(=O)N2)CC1. The van der Waals surface area contributed by atoms with E-state index in [4.69, 9.17) is 9.47 Å². The van der Waals surface area contributed by atoms with Gasteiger partial charge in [0, 0.05) is 62.7 Å². The van der Waals surface area contributed by atoms with Gasteiger partial charge in [-0.05, 0) is 37.1 Å². The summed E-state index contributed by atoms with van der Waals surface area (Å²) >= 11 is 0. The van der Waals surface area contributed by atoms with Crippen molar-refractivity contribution in [1.29, 1.82) is 0 Å². The van der Waals surface area contributed by atoms with E-state index in [9.17, 15) is 18.3 Å². The van der Waals surface area contributed by atoms with Gasteiger partial charge in [0.1, 0.15) is 28.8 Å². The monoisotopic (exact) mass is 596 g/mol. The van der Waals surface area contributed by atoms with Gasteiger partial charge < -0.3 is 19.9 Å². The van der Waals surface area contributed by atoms with E-state index in [-0.39, 0.29) is 36.1 Å². The Labute approximate surface area is 245 Å². The Hall–Kier alpha value is -3.52. The Bertz CT molecular complexity index is 1570. The number of nitrogens with zero attached hydrogens (tertiary/aromatic N) is 5. The van der Waals surface area contributed by atoms with Crippen LogP contribution in [0.5, 0.6) is 11.5 Å². The highest BCUT2D eigenvalue weighted by atomic mass is 32.2. The summed E-state index contributed by atoms with van der Waals surface area (Å²) in [7, 11) is -0.740. The van der Waals surface area contributed by atoms with E-state index in [1.807, 2.05) is 18.2 Å². The van der Waals surface area contributed by atoms with Gasteiger partial charge in [0.15, 0.2) is 5.82 Å². The highest BCUT2D eigenvalue weighted by Crippen LogP contribution is 2.37. The molecule has 42 heavy (non-hydrogen) atoms. The van der Waals surface area contributed by atoms with Crippen LogP contribution in [0.25, 0.3) is 11.4 Å². The highest BCUT2D eigenvalue weighted by molar-refractivity contribution is 7.89. The van der Waals surface area contributed by atoms with Crippen LogP contribution in [-0.4, -0.2) is 94.4 Å². The second-order valence-corrected chi connectivity index (χ2v) is 13.2. The quantitative estimate of drug-likeness (QED) is 0.459. The van der Waals surface area contributed by atoms with E-state index in [0.717, 1.165) is 35.3 Å². The normalized spacial score (nSPS) is 24.2. The number of aromatic nitrogens is 3. The van der Waals surface area contributed by atoms with Crippen molar-refractivity contribution in [2.45, 2.75) is 54.8 Å². The summed E-state index contributed by atoms with van der Waals surface area (Å²) in [5.41, 5.74) is 1.18. The Morgan fingerprint density at radius 3 is 2.69 bits per heavy atom. The summed E-state index contributed by atoms with van der Waals surface area (Å²) in [5.74, 6) is 1.22. The molecule has 2 N–H and O–H groups in total. The Morgan fingerprint density at radius 1 is 1.17 bits per heavy atom. The maximum Gasteiger partial charge on any atom is 0.247 e. The molecule has 0 radical (unpaired) electrons. The van der Waals surface area contributed by atoms with Gasteiger partial charge in [-0.2, -0.15) is 9.40 Å². The Balaban J connectivity index is 1.30. The second-order valence-electron chi connectivity index (χ2n) is 11.3. The van der Waals surface area contributed by atoms with Crippen LogP contribution in [0.3, 0.4) is 0 Å². The van der Waals surface area contributed by atoms with Crippen LogP contribution in [0.1, 0.15) is 31.2 Å². The van der Waals surface area contributed by atoms with Crippen molar-refractivity contribution in [3.05, 3.63) is 54.4 Å². The van der Waals surface area contributed by atoms with Crippen LogP contribution in [-0.2, 0) is 28.4 Å². The molecule has 0 aliphatic carbocycles. The van der Waals surface area contributed by atoms with Crippen molar-refractivity contribution in [3.8, 4) is 22.9 Å². The molecule has 224 valence electrons. The van der Waals surface area contributed by atoms with Crippen molar-refractivity contribution in [2.24, 2.45) is 7.05 Å². The van der Waals surface area contributed by atoms with E-state index >= 15 is 0 Å². The molecule has 4 heterocycles. The lowest BCUT2D eigenvalue weighted by Gasteiger charge is -2.43. The molecule has 13 heteroatoms. The van der Waals surface area contributed by atoms with E-state index in [1.54, 1.807) is 31.0 Å². The maximum atomic E-state index is 13.9. The molecule has 12 nitrogen and oxygen atoms in total. The number of aliphatic hydroxyl groups excluding tert-OH is 1. The number of sulfonamides is 1. The minimum Gasteiger partial charge on any atom is -0.496 e. The number of hydrogen-bond donors (Lipinski definition) is 2. The molecule has 3 aliphatic heterocycles. The molecule has 1 aromatic heterocycles. The number of para-hydroxylation sites is 1. The summed E-state index contributed by atoms with van der Waals surface area (Å²) in [6.07, 6.45) is 2.37. The first-order valence-electron chi connectivity index (χ1n) is 14.2. The van der Waals surface area contributed by atoms with Crippen LogP contribution >= 0.6 is 0 Å². The van der Waals surface area contributed by atoms with Gasteiger partial charge in [-0.15, -0.1) is 0 Å². The summed E-state index contributed by atoms with van der Waals surface area (Å²) in [4.78, 5) is 20.3. The predicted octanol–water partition coefficient (Wildman–Crippen LogP) is 1.55. The standard InChI is InChI=1S/C29H36N6O6S/c1-33-27(30-19-31-33)20-7-8-26-25(15-20)41-14-11-29(32-28(37)23-16-22(36)18-35(23)42(26,38)39)9-12-34(13-10-29)17-21-5-3-4-6-24(21)40-2/h3-8,15,19,22-23,36H,9-14,16-18H2,1-2H3,(H,32,37)/t22-,23+/m1/s1. The van der Waals surface area contributed by atoms with E-state index in [2.05, 4.69) is 26.4 Å². The molecule has 0 saturated carbocycles. The number of carbonyl (C=O) groups excluding carboxylic acids is 1. The molecule has 3 aromatic rings. The highest BCUT2D eigenvalue weighted by Gasteiger charge is 2.47. The lowest BCUT2D eigenvalue weighted by atomic mass is 9.84. The maximum absolute atomic E-state index is 13.9. The number of benzene rings is 2. The Morgan fingerprint density at radius 2 is 1.95 bits per heavy atom. The predicted molar refractivity (Wildman–Crippen MR) is 153 cm³/mol. The van der Waals surface area contributed by atoms with Gasteiger partial charge in [-0.1, -0.05) is 18.2 Å². The number of amides is 1. The zero-order valence-electron chi connectivity index (χ0n) is 23.8. The van der Waals surface area contributed by atoms with E-state index < -0.39 is 27.7 Å². The van der Waals surface area contributed by atoms with Crippen LogP contribution in [0.4, 0.5) is 0 Å². The fourth-order valence-corrected chi connectivity index (χ4v) is 8.05. The Kier molecular flexibility index (Phi) is 7.68. The first-order chi connectivity index (χ1) is 20.2. The molecule has 0 bridgehead atoms. The van der Waals surface area contributed by atoms with Gasteiger partial charge in [0.2, 0.25) is 15.9 Å². The molecular weight excluding hydrogens is 560 g/mol. The molecule has 2 saturated heterocycles. The first kappa shape index (κ1) is 28.6. The van der Waals surface area contributed by atoms with Crippen molar-refractivity contribution >= 4 is 15.9 Å². The third-order valence-corrected chi connectivity index (χ3v) is 10.6. The van der Waals surface area contributed by atoms with E-state index in [1.165, 1.54) is 12.4 Å². The number of aryl methyl sites for hydroxylation is 1. The minimum absolute atomic E-state index is 0.0360. The van der Waals surface area contributed by atoms with Crippen LogP contribution in [0.15, 0.2) is 53.7 Å². The van der Waals surface area contributed by atoms with Crippen molar-refractivity contribution < 1.29 is 27.8 Å². The third kappa shape index (κ3) is 5.37. The molecule has 2 atom stereocenters. The van der Waals surface area contributed by atoms with Crippen LogP contribution < -0.4 is 14.8 Å². The average molecular weight is 597 g/mol. The number of carbonyl (C=O) groups is 1. The second kappa shape index (κ2) is 11.3. The summed E-state index contributed by atoms with van der Waals surface area (Å²) in [6, 6.07) is 11.7. The lowest BCUT2D eigenvalue weighted by Crippen LogP contribution is -2.59. The summed E-state index contributed by atoms with van der Waals surface area (Å²) in [6.45, 7) is 2.25. The van der Waals surface area contributed by atoms with Crippen molar-refractivity contribution in [2.75, 3.05) is 33.4 Å². The largest absolute Gasteiger partial charge is 0.496 e. The summed E-state index contributed by atoms with van der Waals surface area (Å²) in [5, 5.41) is 17.9. The van der Waals surface area contributed by atoms with E-state index in [0.29, 0.717) is 30.7 Å². The van der Waals surface area contributed by atoms with Crippen LogP contribution in [0.2, 0.25) is 0 Å². The number of methoxy groups -OCH3 is 1. The number of hydrogen-bond acceptors (Lipinski definition) is 9. The van der Waals surface area contributed by atoms with Gasteiger partial charge in [0.25, 0.3) is 0 Å². The number of likely N-dealkylation sites (tertiary alicyclic amines) is 1. The smallest absolute Gasteiger partial charge is 0.247 e. The number of nitrogens with one attached hydrogen (secondary N) is 1.